The zero-order chi connectivity index (χ0) is 9.10. The summed E-state index contributed by atoms with van der Waals surface area (Å²) in [5.41, 5.74) is 0. The standard InChI is InChI=1S/C9H15NO3/c11-9(13-8-5-12-6-8)7-2-1-3-10-4-7/h7-8,10H,1-6H2/t7-/m1/s1. The second-order valence-electron chi connectivity index (χ2n) is 3.64. The molecule has 1 N–H and O–H groups in total. The number of ether oxygens (including phenoxy) is 2. The Balaban J connectivity index is 1.74. The highest BCUT2D eigenvalue weighted by Crippen LogP contribution is 2.15. The Labute approximate surface area is 77.6 Å². The van der Waals surface area contributed by atoms with E-state index in [9.17, 15) is 4.79 Å². The molecular weight excluding hydrogens is 170 g/mol. The fourth-order valence-electron chi connectivity index (χ4n) is 1.60. The molecule has 13 heavy (non-hydrogen) atoms. The Bertz CT molecular complexity index is 185. The van der Waals surface area contributed by atoms with E-state index >= 15 is 0 Å². The van der Waals surface area contributed by atoms with Crippen molar-refractivity contribution in [3.63, 3.8) is 0 Å². The van der Waals surface area contributed by atoms with Crippen LogP contribution in [0.4, 0.5) is 0 Å². The summed E-state index contributed by atoms with van der Waals surface area (Å²) in [6.07, 6.45) is 2.05. The number of carbonyl (C=O) groups excluding carboxylic acids is 1. The predicted octanol–water partition coefficient (Wildman–Crippen LogP) is -0.0720. The van der Waals surface area contributed by atoms with Gasteiger partial charge in [0, 0.05) is 6.54 Å². The van der Waals surface area contributed by atoms with Gasteiger partial charge in [0.05, 0.1) is 19.1 Å². The Hall–Kier alpha value is -0.610. The zero-order valence-electron chi connectivity index (χ0n) is 7.62. The van der Waals surface area contributed by atoms with Crippen molar-refractivity contribution in [1.82, 2.24) is 5.32 Å². The molecular formula is C9H15NO3. The molecule has 2 fully saturated rings. The summed E-state index contributed by atoms with van der Waals surface area (Å²) >= 11 is 0. The summed E-state index contributed by atoms with van der Waals surface area (Å²) in [6.45, 7) is 2.94. The van der Waals surface area contributed by atoms with Gasteiger partial charge in [-0.1, -0.05) is 0 Å². The first kappa shape index (κ1) is 8.97. The third-order valence-electron chi connectivity index (χ3n) is 2.52. The van der Waals surface area contributed by atoms with Crippen LogP contribution >= 0.6 is 0 Å². The SMILES string of the molecule is O=C(OC1COC1)[C@@H]1CCCNC1. The zero-order valence-corrected chi connectivity index (χ0v) is 7.62. The molecule has 74 valence electrons. The van der Waals surface area contributed by atoms with Crippen molar-refractivity contribution in [1.29, 1.82) is 0 Å². The molecule has 0 aliphatic carbocycles. The Morgan fingerprint density at radius 3 is 2.85 bits per heavy atom. The van der Waals surface area contributed by atoms with E-state index in [1.807, 2.05) is 0 Å². The lowest BCUT2D eigenvalue weighted by Crippen LogP contribution is -2.42. The summed E-state index contributed by atoms with van der Waals surface area (Å²) in [5, 5.41) is 3.19. The maximum absolute atomic E-state index is 11.5. The van der Waals surface area contributed by atoms with Crippen LogP contribution in [0.15, 0.2) is 0 Å². The molecule has 2 rings (SSSR count). The highest BCUT2D eigenvalue weighted by Gasteiger charge is 2.28. The first-order valence-corrected chi connectivity index (χ1v) is 4.85. The second-order valence-corrected chi connectivity index (χ2v) is 3.64. The van der Waals surface area contributed by atoms with Crippen LogP contribution in [0.2, 0.25) is 0 Å². The van der Waals surface area contributed by atoms with Gasteiger partial charge in [-0.2, -0.15) is 0 Å². The lowest BCUT2D eigenvalue weighted by Gasteiger charge is -2.29. The van der Waals surface area contributed by atoms with Gasteiger partial charge in [-0.25, -0.2) is 0 Å². The van der Waals surface area contributed by atoms with Crippen LogP contribution in [0.1, 0.15) is 12.8 Å². The van der Waals surface area contributed by atoms with E-state index in [0.717, 1.165) is 25.9 Å². The minimum absolute atomic E-state index is 0.0226. The van der Waals surface area contributed by atoms with Crippen LogP contribution in [-0.4, -0.2) is 38.4 Å². The molecule has 0 unspecified atom stereocenters. The van der Waals surface area contributed by atoms with Gasteiger partial charge in [0.25, 0.3) is 0 Å². The number of rotatable bonds is 2. The van der Waals surface area contributed by atoms with Gasteiger partial charge in [-0.15, -0.1) is 0 Å². The fourth-order valence-corrected chi connectivity index (χ4v) is 1.60. The fraction of sp³-hybridized carbons (Fsp3) is 0.889. The van der Waals surface area contributed by atoms with Gasteiger partial charge in [0.1, 0.15) is 6.10 Å². The quantitative estimate of drug-likeness (QED) is 0.612. The van der Waals surface area contributed by atoms with Crippen molar-refractivity contribution in [2.45, 2.75) is 18.9 Å². The number of carbonyl (C=O) groups is 1. The van der Waals surface area contributed by atoms with Crippen LogP contribution < -0.4 is 5.32 Å². The number of hydrogen-bond acceptors (Lipinski definition) is 4. The topological polar surface area (TPSA) is 47.6 Å². The molecule has 0 amide bonds. The molecule has 0 aromatic rings. The van der Waals surface area contributed by atoms with E-state index in [4.69, 9.17) is 9.47 Å². The van der Waals surface area contributed by atoms with Gasteiger partial charge in [0.2, 0.25) is 0 Å². The molecule has 1 atom stereocenters. The van der Waals surface area contributed by atoms with E-state index < -0.39 is 0 Å². The van der Waals surface area contributed by atoms with Gasteiger partial charge in [-0.05, 0) is 19.4 Å². The van der Waals surface area contributed by atoms with Crippen molar-refractivity contribution >= 4 is 5.97 Å². The van der Waals surface area contributed by atoms with E-state index in [1.165, 1.54) is 0 Å². The molecule has 4 nitrogen and oxygen atoms in total. The van der Waals surface area contributed by atoms with E-state index in [1.54, 1.807) is 0 Å². The van der Waals surface area contributed by atoms with Crippen molar-refractivity contribution in [2.75, 3.05) is 26.3 Å². The van der Waals surface area contributed by atoms with Gasteiger partial charge in [0.15, 0.2) is 0 Å². The summed E-state index contributed by atoms with van der Waals surface area (Å²) in [4.78, 5) is 11.5. The molecule has 2 aliphatic heterocycles. The monoisotopic (exact) mass is 185 g/mol. The third-order valence-corrected chi connectivity index (χ3v) is 2.52. The molecule has 0 radical (unpaired) electrons. The van der Waals surface area contributed by atoms with Gasteiger partial charge >= 0.3 is 5.97 Å². The summed E-state index contributed by atoms with van der Waals surface area (Å²) in [6, 6.07) is 0. The number of piperidine rings is 1. The van der Waals surface area contributed by atoms with E-state index in [2.05, 4.69) is 5.32 Å². The average molecular weight is 185 g/mol. The molecule has 4 heteroatoms. The molecule has 0 bridgehead atoms. The molecule has 0 spiro atoms. The van der Waals surface area contributed by atoms with E-state index in [-0.39, 0.29) is 18.0 Å². The molecule has 0 aromatic heterocycles. The first-order chi connectivity index (χ1) is 6.36. The third kappa shape index (κ3) is 2.19. The molecule has 2 saturated heterocycles. The minimum Gasteiger partial charge on any atom is -0.457 e. The Morgan fingerprint density at radius 1 is 1.46 bits per heavy atom. The van der Waals surface area contributed by atoms with Crippen molar-refractivity contribution in [2.24, 2.45) is 5.92 Å². The van der Waals surface area contributed by atoms with Crippen molar-refractivity contribution in [3.05, 3.63) is 0 Å². The van der Waals surface area contributed by atoms with Gasteiger partial charge in [-0.3, -0.25) is 4.79 Å². The highest BCUT2D eigenvalue weighted by atomic mass is 16.6. The predicted molar refractivity (Wildman–Crippen MR) is 46.3 cm³/mol. The summed E-state index contributed by atoms with van der Waals surface area (Å²) in [7, 11) is 0. The van der Waals surface area contributed by atoms with Crippen LogP contribution in [-0.2, 0) is 14.3 Å². The minimum atomic E-state index is -0.0551. The van der Waals surface area contributed by atoms with Crippen LogP contribution in [0, 0.1) is 5.92 Å². The maximum atomic E-state index is 11.5. The van der Waals surface area contributed by atoms with Crippen LogP contribution in [0.5, 0.6) is 0 Å². The summed E-state index contributed by atoms with van der Waals surface area (Å²) < 4.78 is 10.2. The molecule has 2 aliphatic rings. The van der Waals surface area contributed by atoms with Crippen molar-refractivity contribution in [3.8, 4) is 0 Å². The summed E-state index contributed by atoms with van der Waals surface area (Å²) in [5.74, 6) is 0.00912. The Kier molecular flexibility index (Phi) is 2.80. The first-order valence-electron chi connectivity index (χ1n) is 4.85. The molecule has 0 saturated carbocycles. The molecule has 0 aromatic carbocycles. The smallest absolute Gasteiger partial charge is 0.310 e. The van der Waals surface area contributed by atoms with Crippen LogP contribution in [0.25, 0.3) is 0 Å². The average Bonchev–Trinajstić information content (AvgIpc) is 2.12. The van der Waals surface area contributed by atoms with Crippen LogP contribution in [0.3, 0.4) is 0 Å². The number of esters is 1. The van der Waals surface area contributed by atoms with Gasteiger partial charge < -0.3 is 14.8 Å². The normalized spacial score (nSPS) is 29.4. The van der Waals surface area contributed by atoms with Crippen molar-refractivity contribution < 1.29 is 14.3 Å². The second kappa shape index (κ2) is 4.07. The number of nitrogens with one attached hydrogen (secondary N) is 1. The van der Waals surface area contributed by atoms with E-state index in [0.29, 0.717) is 13.2 Å². The largest absolute Gasteiger partial charge is 0.457 e. The number of hydrogen-bond donors (Lipinski definition) is 1. The highest BCUT2D eigenvalue weighted by molar-refractivity contribution is 5.73. The maximum Gasteiger partial charge on any atom is 0.310 e. The molecule has 2 heterocycles. The lowest BCUT2D eigenvalue weighted by molar-refractivity contribution is -0.177. The Morgan fingerprint density at radius 2 is 2.31 bits per heavy atom. The lowest BCUT2D eigenvalue weighted by atomic mass is 10.00.